The molecule has 1 aliphatic rings. The zero-order valence-electron chi connectivity index (χ0n) is 19.5. The highest BCUT2D eigenvalue weighted by Gasteiger charge is 2.26. The Balaban J connectivity index is 1.68. The Morgan fingerprint density at radius 3 is 2.50 bits per heavy atom. The first-order valence-electron chi connectivity index (χ1n) is 11.0. The van der Waals surface area contributed by atoms with Crippen LogP contribution in [0, 0.1) is 0 Å². The molecular formula is C26H25N3O4S. The van der Waals surface area contributed by atoms with Gasteiger partial charge < -0.3 is 9.47 Å². The molecule has 3 aromatic rings. The lowest BCUT2D eigenvalue weighted by atomic mass is 10.0. The van der Waals surface area contributed by atoms with Crippen molar-refractivity contribution in [2.45, 2.75) is 33.6 Å². The molecule has 0 saturated heterocycles. The number of nitrogens with zero attached hydrogens (tertiary/aromatic N) is 3. The number of carbonyl (C=O) groups excluding carboxylic acids is 2. The van der Waals surface area contributed by atoms with Gasteiger partial charge in [-0.2, -0.15) is 0 Å². The number of para-hydroxylation sites is 1. The fourth-order valence-electron chi connectivity index (χ4n) is 3.76. The average molecular weight is 476 g/mol. The van der Waals surface area contributed by atoms with E-state index < -0.39 is 5.97 Å². The molecule has 2 heterocycles. The molecule has 0 bridgehead atoms. The van der Waals surface area contributed by atoms with Crippen LogP contribution in [0.1, 0.15) is 43.2 Å². The van der Waals surface area contributed by atoms with Crippen LogP contribution in [0.15, 0.2) is 58.5 Å². The predicted octanol–water partition coefficient (Wildman–Crippen LogP) is 5.31. The van der Waals surface area contributed by atoms with E-state index in [0.717, 1.165) is 29.7 Å². The highest BCUT2D eigenvalue weighted by molar-refractivity contribution is 7.14. The Bertz CT molecular complexity index is 1290. The molecule has 0 radical (unpaired) electrons. The molecule has 1 aliphatic heterocycles. The lowest BCUT2D eigenvalue weighted by Crippen LogP contribution is -2.25. The maximum absolute atomic E-state index is 12.7. The van der Waals surface area contributed by atoms with Gasteiger partial charge in [-0.05, 0) is 48.2 Å². The van der Waals surface area contributed by atoms with Crippen LogP contribution < -0.4 is 9.64 Å². The summed E-state index contributed by atoms with van der Waals surface area (Å²) in [5.41, 5.74) is 4.36. The second-order valence-corrected chi connectivity index (χ2v) is 8.45. The zero-order valence-corrected chi connectivity index (χ0v) is 20.3. The molecule has 0 N–H and O–H groups in total. The summed E-state index contributed by atoms with van der Waals surface area (Å²) in [7, 11) is 1.57. The molecule has 0 unspecified atom stereocenters. The molecule has 1 amide bonds. The molecule has 7 nitrogen and oxygen atoms in total. The Labute approximate surface area is 202 Å². The molecule has 1 aromatic heterocycles. The third kappa shape index (κ3) is 4.63. The summed E-state index contributed by atoms with van der Waals surface area (Å²) < 4.78 is 10.6. The molecule has 34 heavy (non-hydrogen) atoms. The van der Waals surface area contributed by atoms with E-state index in [1.165, 1.54) is 18.3 Å². The molecule has 0 spiro atoms. The van der Waals surface area contributed by atoms with E-state index in [1.54, 1.807) is 47.7 Å². The summed E-state index contributed by atoms with van der Waals surface area (Å²) in [5, 5.41) is 2.34. The summed E-state index contributed by atoms with van der Waals surface area (Å²) >= 11 is 1.34. The van der Waals surface area contributed by atoms with Crippen molar-refractivity contribution >= 4 is 46.0 Å². The van der Waals surface area contributed by atoms with Crippen LogP contribution in [0.25, 0.3) is 6.08 Å². The van der Waals surface area contributed by atoms with Gasteiger partial charge in [0.25, 0.3) is 0 Å². The third-order valence-corrected chi connectivity index (χ3v) is 6.27. The number of cyclic esters (lactones) is 1. The summed E-state index contributed by atoms with van der Waals surface area (Å²) in [4.78, 5) is 35.8. The molecule has 2 aromatic carbocycles. The highest BCUT2D eigenvalue weighted by Crippen LogP contribution is 2.35. The number of carbonyl (C=O) groups is 2. The molecule has 0 atom stereocenters. The normalized spacial score (nSPS) is 14.2. The van der Waals surface area contributed by atoms with Crippen LogP contribution in [-0.2, 0) is 27.2 Å². The van der Waals surface area contributed by atoms with Gasteiger partial charge in [0.1, 0.15) is 5.75 Å². The lowest BCUT2D eigenvalue weighted by Gasteiger charge is -2.24. The van der Waals surface area contributed by atoms with Crippen molar-refractivity contribution in [3.05, 3.63) is 75.9 Å². The highest BCUT2D eigenvalue weighted by atomic mass is 32.1. The molecule has 0 fully saturated rings. The van der Waals surface area contributed by atoms with E-state index in [9.17, 15) is 9.59 Å². The van der Waals surface area contributed by atoms with Gasteiger partial charge in [-0.3, -0.25) is 9.69 Å². The van der Waals surface area contributed by atoms with Crippen molar-refractivity contribution in [2.24, 2.45) is 4.99 Å². The number of anilines is 2. The Hall–Kier alpha value is -3.78. The van der Waals surface area contributed by atoms with Crippen molar-refractivity contribution in [3.63, 3.8) is 0 Å². The summed E-state index contributed by atoms with van der Waals surface area (Å²) in [6.07, 6.45) is 3.16. The predicted molar refractivity (Wildman–Crippen MR) is 134 cm³/mol. The number of aromatic nitrogens is 1. The van der Waals surface area contributed by atoms with Gasteiger partial charge in [0.15, 0.2) is 10.8 Å². The number of hydrogen-bond donors (Lipinski definition) is 0. The number of amides is 1. The maximum atomic E-state index is 12.7. The van der Waals surface area contributed by atoms with Crippen molar-refractivity contribution in [1.82, 2.24) is 4.98 Å². The average Bonchev–Trinajstić information content (AvgIpc) is 3.45. The number of ether oxygens (including phenoxy) is 2. The second-order valence-electron chi connectivity index (χ2n) is 7.61. The Kier molecular flexibility index (Phi) is 6.88. The van der Waals surface area contributed by atoms with Crippen LogP contribution in [0.4, 0.5) is 10.8 Å². The lowest BCUT2D eigenvalue weighted by molar-refractivity contribution is -0.130. The van der Waals surface area contributed by atoms with Gasteiger partial charge in [-0.1, -0.05) is 38.1 Å². The molecule has 8 heteroatoms. The molecule has 174 valence electrons. The first-order valence-corrected chi connectivity index (χ1v) is 11.9. The minimum Gasteiger partial charge on any atom is -0.497 e. The van der Waals surface area contributed by atoms with Crippen LogP contribution in [0.5, 0.6) is 5.75 Å². The first kappa shape index (κ1) is 23.4. The van der Waals surface area contributed by atoms with E-state index >= 15 is 0 Å². The Morgan fingerprint density at radius 1 is 1.15 bits per heavy atom. The number of rotatable bonds is 7. The van der Waals surface area contributed by atoms with E-state index in [0.29, 0.717) is 22.1 Å². The quantitative estimate of drug-likeness (QED) is 0.342. The summed E-state index contributed by atoms with van der Waals surface area (Å²) in [5.74, 6) is 0.171. The van der Waals surface area contributed by atoms with Gasteiger partial charge >= 0.3 is 5.97 Å². The van der Waals surface area contributed by atoms with Crippen LogP contribution in [-0.4, -0.2) is 29.9 Å². The molecular weight excluding hydrogens is 450 g/mol. The van der Waals surface area contributed by atoms with Gasteiger partial charge in [-0.15, -0.1) is 11.3 Å². The number of thiazole rings is 1. The van der Waals surface area contributed by atoms with Gasteiger partial charge in [0.05, 0.1) is 18.5 Å². The fourth-order valence-corrected chi connectivity index (χ4v) is 4.59. The number of aryl methyl sites for hydroxylation is 2. The Morgan fingerprint density at radius 2 is 1.85 bits per heavy atom. The largest absolute Gasteiger partial charge is 0.497 e. The molecule has 0 saturated carbocycles. The smallest absolute Gasteiger partial charge is 0.363 e. The van der Waals surface area contributed by atoms with Crippen molar-refractivity contribution in [2.75, 3.05) is 12.0 Å². The van der Waals surface area contributed by atoms with Crippen molar-refractivity contribution in [1.29, 1.82) is 0 Å². The molecule has 0 aliphatic carbocycles. The summed E-state index contributed by atoms with van der Waals surface area (Å²) in [6, 6.07) is 13.2. The minimum absolute atomic E-state index is 0.122. The third-order valence-electron chi connectivity index (χ3n) is 5.43. The SMILES string of the molecule is CCc1cccc(CC)c1N(C(C)=O)c1nc(/C=C2/N=C(c3cccc(OC)c3)OC2=O)cs1. The van der Waals surface area contributed by atoms with Gasteiger partial charge in [0, 0.05) is 17.9 Å². The number of benzene rings is 2. The van der Waals surface area contributed by atoms with Crippen LogP contribution in [0.2, 0.25) is 0 Å². The summed E-state index contributed by atoms with van der Waals surface area (Å²) in [6.45, 7) is 5.67. The second kappa shape index (κ2) is 10.0. The maximum Gasteiger partial charge on any atom is 0.363 e. The molecule has 4 rings (SSSR count). The van der Waals surface area contributed by atoms with Gasteiger partial charge in [0.2, 0.25) is 11.8 Å². The van der Waals surface area contributed by atoms with E-state index in [-0.39, 0.29) is 17.5 Å². The topological polar surface area (TPSA) is 81.1 Å². The van der Waals surface area contributed by atoms with Crippen LogP contribution >= 0.6 is 11.3 Å². The number of hydrogen-bond acceptors (Lipinski definition) is 7. The van der Waals surface area contributed by atoms with Crippen molar-refractivity contribution in [3.8, 4) is 5.75 Å². The number of methoxy groups -OCH3 is 1. The first-order chi connectivity index (χ1) is 16.4. The van der Waals surface area contributed by atoms with Crippen molar-refractivity contribution < 1.29 is 19.1 Å². The monoisotopic (exact) mass is 475 g/mol. The number of esters is 1. The fraction of sp³-hybridized carbons (Fsp3) is 0.231. The van der Waals surface area contributed by atoms with E-state index in [2.05, 4.69) is 23.8 Å². The standard InChI is InChI=1S/C26H25N3O4S/c1-5-17-9-7-10-18(6-2)23(17)29(16(3)30)26-27-20(15-34-26)14-22-25(31)33-24(28-22)19-11-8-12-21(13-19)32-4/h7-15H,5-6H2,1-4H3/b22-14+. The minimum atomic E-state index is -0.555. The van der Waals surface area contributed by atoms with E-state index in [4.69, 9.17) is 9.47 Å². The van der Waals surface area contributed by atoms with Crippen LogP contribution in [0.3, 0.4) is 0 Å². The zero-order chi connectivity index (χ0) is 24.2. The van der Waals surface area contributed by atoms with E-state index in [1.807, 2.05) is 18.2 Å². The number of aliphatic imine (C=N–C) groups is 1. The van der Waals surface area contributed by atoms with Gasteiger partial charge in [-0.25, -0.2) is 14.8 Å².